The van der Waals surface area contributed by atoms with Crippen LogP contribution in [0.1, 0.15) is 0 Å². The minimum Gasteiger partial charge on any atom is -0.456 e. The van der Waals surface area contributed by atoms with Crippen LogP contribution in [0.25, 0.3) is 117 Å². The minimum absolute atomic E-state index is 0.572. The lowest BCUT2D eigenvalue weighted by molar-refractivity contribution is 0.662. The Kier molecular flexibility index (Phi) is 6.83. The third-order valence-electron chi connectivity index (χ3n) is 11.0. The third kappa shape index (κ3) is 5.01. The Morgan fingerprint density at radius 3 is 1.46 bits per heavy atom. The standard InChI is InChI=1S/C51H30N4O2/c1-3-12-31(13-4-1)33-16-11-17-34(28-33)50-52-49(32-14-5-2-6-15-32)53-51(54-50)35-22-24-39-45(29-35)56-43-26-27-44-48(47(39)43)40-25-23-36(30-46(40)57-44)55-41-20-9-7-18-37(41)38-19-8-10-21-42(38)55/h1-30H. The van der Waals surface area contributed by atoms with Crippen molar-refractivity contribution in [2.24, 2.45) is 0 Å². The molecule has 0 saturated carbocycles. The molecule has 0 aliphatic heterocycles. The Bertz CT molecular complexity index is 3470. The molecule has 6 heteroatoms. The van der Waals surface area contributed by atoms with E-state index in [1.165, 1.54) is 10.8 Å². The van der Waals surface area contributed by atoms with E-state index in [-0.39, 0.29) is 0 Å². The Labute approximate surface area is 325 Å². The molecule has 8 aromatic carbocycles. The van der Waals surface area contributed by atoms with Gasteiger partial charge in [0.05, 0.1) is 11.0 Å². The molecule has 266 valence electrons. The zero-order chi connectivity index (χ0) is 37.5. The highest BCUT2D eigenvalue weighted by molar-refractivity contribution is 6.26. The number of hydrogen-bond acceptors (Lipinski definition) is 5. The van der Waals surface area contributed by atoms with Gasteiger partial charge < -0.3 is 13.4 Å². The maximum absolute atomic E-state index is 6.60. The summed E-state index contributed by atoms with van der Waals surface area (Å²) in [5.74, 6) is 1.79. The molecule has 0 fully saturated rings. The maximum atomic E-state index is 6.60. The van der Waals surface area contributed by atoms with Crippen LogP contribution >= 0.6 is 0 Å². The molecule has 12 aromatic rings. The van der Waals surface area contributed by atoms with Gasteiger partial charge in [0.2, 0.25) is 0 Å². The molecule has 0 bridgehead atoms. The largest absolute Gasteiger partial charge is 0.456 e. The van der Waals surface area contributed by atoms with Crippen LogP contribution in [0, 0.1) is 0 Å². The lowest BCUT2D eigenvalue weighted by Gasteiger charge is -2.09. The van der Waals surface area contributed by atoms with Crippen molar-refractivity contribution in [1.29, 1.82) is 0 Å². The number of nitrogens with zero attached hydrogens (tertiary/aromatic N) is 4. The highest BCUT2D eigenvalue weighted by Gasteiger charge is 2.20. The first kappa shape index (κ1) is 31.5. The summed E-state index contributed by atoms with van der Waals surface area (Å²) in [4.78, 5) is 15.1. The molecule has 0 N–H and O–H groups in total. The Morgan fingerprint density at radius 1 is 0.316 bits per heavy atom. The second-order valence-electron chi connectivity index (χ2n) is 14.4. The molecule has 0 aliphatic rings. The molecule has 12 rings (SSSR count). The van der Waals surface area contributed by atoms with Gasteiger partial charge in [-0.25, -0.2) is 15.0 Å². The van der Waals surface area contributed by atoms with Gasteiger partial charge in [0.15, 0.2) is 17.5 Å². The van der Waals surface area contributed by atoms with Crippen molar-refractivity contribution in [2.75, 3.05) is 0 Å². The van der Waals surface area contributed by atoms with Gasteiger partial charge in [0, 0.05) is 60.8 Å². The molecule has 4 aromatic heterocycles. The van der Waals surface area contributed by atoms with Gasteiger partial charge >= 0.3 is 0 Å². The Morgan fingerprint density at radius 2 is 0.807 bits per heavy atom. The monoisotopic (exact) mass is 730 g/mol. The third-order valence-corrected chi connectivity index (χ3v) is 11.0. The van der Waals surface area contributed by atoms with E-state index in [0.29, 0.717) is 17.5 Å². The summed E-state index contributed by atoms with van der Waals surface area (Å²) in [6.07, 6.45) is 0. The smallest absolute Gasteiger partial charge is 0.164 e. The fourth-order valence-electron chi connectivity index (χ4n) is 8.42. The zero-order valence-corrected chi connectivity index (χ0v) is 30.4. The molecular formula is C51H30N4O2. The van der Waals surface area contributed by atoms with Crippen molar-refractivity contribution >= 4 is 65.7 Å². The number of benzene rings is 8. The number of hydrogen-bond donors (Lipinski definition) is 0. The number of furan rings is 2. The van der Waals surface area contributed by atoms with Gasteiger partial charge in [-0.15, -0.1) is 0 Å². The summed E-state index contributed by atoms with van der Waals surface area (Å²) in [7, 11) is 0. The van der Waals surface area contributed by atoms with E-state index < -0.39 is 0 Å². The molecule has 0 amide bonds. The lowest BCUT2D eigenvalue weighted by Crippen LogP contribution is -2.00. The first-order chi connectivity index (χ1) is 28.2. The molecule has 0 spiro atoms. The molecule has 4 heterocycles. The molecular weight excluding hydrogens is 701 g/mol. The normalized spacial score (nSPS) is 11.9. The molecule has 6 nitrogen and oxygen atoms in total. The van der Waals surface area contributed by atoms with Gasteiger partial charge in [-0.2, -0.15) is 0 Å². The van der Waals surface area contributed by atoms with Gasteiger partial charge in [-0.05, 0) is 65.7 Å². The Hall–Kier alpha value is -7.83. The average Bonchev–Trinajstić information content (AvgIpc) is 3.95. The molecule has 0 atom stereocenters. The molecule has 0 aliphatic carbocycles. The van der Waals surface area contributed by atoms with Gasteiger partial charge in [0.25, 0.3) is 0 Å². The van der Waals surface area contributed by atoms with E-state index >= 15 is 0 Å². The highest BCUT2D eigenvalue weighted by Crippen LogP contribution is 2.42. The molecule has 0 saturated heterocycles. The van der Waals surface area contributed by atoms with Crippen LogP contribution in [-0.2, 0) is 0 Å². The Balaban J connectivity index is 0.999. The van der Waals surface area contributed by atoms with E-state index in [4.69, 9.17) is 23.8 Å². The van der Waals surface area contributed by atoms with Crippen LogP contribution in [0.5, 0.6) is 0 Å². The topological polar surface area (TPSA) is 69.9 Å². The second kappa shape index (κ2) is 12.3. The van der Waals surface area contributed by atoms with Crippen LogP contribution in [0.4, 0.5) is 0 Å². The fourth-order valence-corrected chi connectivity index (χ4v) is 8.42. The first-order valence-corrected chi connectivity index (χ1v) is 19.0. The van der Waals surface area contributed by atoms with Crippen molar-refractivity contribution in [3.05, 3.63) is 182 Å². The second-order valence-corrected chi connectivity index (χ2v) is 14.4. The van der Waals surface area contributed by atoms with Crippen LogP contribution in [0.15, 0.2) is 191 Å². The summed E-state index contributed by atoms with van der Waals surface area (Å²) >= 11 is 0. The van der Waals surface area contributed by atoms with E-state index in [2.05, 4.69) is 132 Å². The molecule has 57 heavy (non-hydrogen) atoms. The van der Waals surface area contributed by atoms with E-state index in [9.17, 15) is 0 Å². The zero-order valence-electron chi connectivity index (χ0n) is 30.4. The van der Waals surface area contributed by atoms with Crippen molar-refractivity contribution in [1.82, 2.24) is 19.5 Å². The average molecular weight is 731 g/mol. The van der Waals surface area contributed by atoms with E-state index in [1.54, 1.807) is 0 Å². The quantitative estimate of drug-likeness (QED) is 0.176. The number of aromatic nitrogens is 4. The van der Waals surface area contributed by atoms with Crippen molar-refractivity contribution < 1.29 is 8.83 Å². The highest BCUT2D eigenvalue weighted by atomic mass is 16.3. The summed E-state index contributed by atoms with van der Waals surface area (Å²) < 4.78 is 15.5. The maximum Gasteiger partial charge on any atom is 0.164 e. The number of fused-ring (bicyclic) bond motifs is 10. The van der Waals surface area contributed by atoms with E-state index in [0.717, 1.165) is 88.4 Å². The van der Waals surface area contributed by atoms with Gasteiger partial charge in [-0.1, -0.05) is 121 Å². The fraction of sp³-hybridized carbons (Fsp3) is 0. The first-order valence-electron chi connectivity index (χ1n) is 19.0. The predicted octanol–water partition coefficient (Wildman–Crippen LogP) is 13.4. The van der Waals surface area contributed by atoms with Crippen LogP contribution < -0.4 is 0 Å². The van der Waals surface area contributed by atoms with Crippen LogP contribution in [0.3, 0.4) is 0 Å². The SMILES string of the molecule is c1ccc(-c2cccc(-c3nc(-c4ccccc4)nc(-c4ccc5c(c4)oc4ccc6oc7cc(-n8c9ccccc9c9ccccc98)ccc7c6c45)n3)c2)cc1. The summed E-state index contributed by atoms with van der Waals surface area (Å²) in [5.41, 5.74) is 11.5. The van der Waals surface area contributed by atoms with Gasteiger partial charge in [0.1, 0.15) is 22.3 Å². The summed E-state index contributed by atoms with van der Waals surface area (Å²) in [5, 5.41) is 6.56. The molecule has 0 radical (unpaired) electrons. The van der Waals surface area contributed by atoms with Crippen molar-refractivity contribution in [2.45, 2.75) is 0 Å². The summed E-state index contributed by atoms with van der Waals surface area (Å²) in [6.45, 7) is 0. The minimum atomic E-state index is 0.572. The predicted molar refractivity (Wildman–Crippen MR) is 230 cm³/mol. The van der Waals surface area contributed by atoms with Gasteiger partial charge in [-0.3, -0.25) is 0 Å². The van der Waals surface area contributed by atoms with Crippen molar-refractivity contribution in [3.8, 4) is 51.0 Å². The summed E-state index contributed by atoms with van der Waals surface area (Å²) in [6, 6.07) is 62.6. The lowest BCUT2D eigenvalue weighted by atomic mass is 10.0. The van der Waals surface area contributed by atoms with Crippen LogP contribution in [-0.4, -0.2) is 19.5 Å². The number of para-hydroxylation sites is 2. The number of rotatable bonds is 5. The van der Waals surface area contributed by atoms with Crippen LogP contribution in [0.2, 0.25) is 0 Å². The van der Waals surface area contributed by atoms with E-state index in [1.807, 2.05) is 54.6 Å². The molecule has 0 unspecified atom stereocenters. The van der Waals surface area contributed by atoms with Crippen molar-refractivity contribution in [3.63, 3.8) is 0 Å².